The second-order valence-corrected chi connectivity index (χ2v) is 6.62. The summed E-state index contributed by atoms with van der Waals surface area (Å²) in [6.45, 7) is 10.4. The van der Waals surface area contributed by atoms with Crippen molar-refractivity contribution < 1.29 is 8.42 Å². The van der Waals surface area contributed by atoms with Gasteiger partial charge >= 0.3 is 0 Å². The molecule has 0 aliphatic carbocycles. The second kappa shape index (κ2) is 8.89. The minimum atomic E-state index is -3.07. The van der Waals surface area contributed by atoms with E-state index in [-0.39, 0.29) is 11.8 Å². The van der Waals surface area contributed by atoms with Crippen LogP contribution in [-0.4, -0.2) is 44.2 Å². The summed E-state index contributed by atoms with van der Waals surface area (Å²) in [4.78, 5) is 0. The van der Waals surface area contributed by atoms with E-state index in [1.165, 1.54) is 0 Å². The van der Waals surface area contributed by atoms with Crippen molar-refractivity contribution >= 4 is 10.0 Å². The second-order valence-electron chi connectivity index (χ2n) is 4.58. The smallest absolute Gasteiger partial charge is 0.214 e. The Morgan fingerprint density at radius 3 is 2.29 bits per heavy atom. The lowest BCUT2D eigenvalue weighted by molar-refractivity contribution is 0.353. The van der Waals surface area contributed by atoms with Gasteiger partial charge in [0.15, 0.2) is 0 Å². The van der Waals surface area contributed by atoms with Gasteiger partial charge in [0.1, 0.15) is 0 Å². The fraction of sp³-hybridized carbons (Fsp3) is 1.00. The zero-order valence-electron chi connectivity index (χ0n) is 11.7. The summed E-state index contributed by atoms with van der Waals surface area (Å²) in [5.41, 5.74) is 0. The summed E-state index contributed by atoms with van der Waals surface area (Å²) in [6, 6.07) is 0.0636. The number of rotatable bonds is 10. The molecule has 0 heterocycles. The molecule has 0 fully saturated rings. The van der Waals surface area contributed by atoms with Crippen LogP contribution in [0, 0.1) is 0 Å². The van der Waals surface area contributed by atoms with Crippen LogP contribution in [-0.2, 0) is 10.0 Å². The molecule has 0 spiro atoms. The average Bonchev–Trinajstić information content (AvgIpc) is 2.24. The zero-order valence-corrected chi connectivity index (χ0v) is 12.5. The standard InChI is InChI=1S/C12H28N2O2S/c1-5-10-14(12(3)4)17(15,16)11-8-7-9-13-6-2/h12-13H,5-11H2,1-4H3. The topological polar surface area (TPSA) is 49.4 Å². The molecule has 4 nitrogen and oxygen atoms in total. The Bertz CT molecular complexity index is 276. The quantitative estimate of drug-likeness (QED) is 0.612. The molecule has 0 saturated heterocycles. The first-order valence-electron chi connectivity index (χ1n) is 6.66. The highest BCUT2D eigenvalue weighted by atomic mass is 32.2. The first kappa shape index (κ1) is 16.9. The molecule has 0 radical (unpaired) electrons. The summed E-state index contributed by atoms with van der Waals surface area (Å²) < 4.78 is 25.8. The highest BCUT2D eigenvalue weighted by Gasteiger charge is 2.23. The fourth-order valence-corrected chi connectivity index (χ4v) is 3.67. The molecule has 17 heavy (non-hydrogen) atoms. The predicted molar refractivity (Wildman–Crippen MR) is 73.7 cm³/mol. The third-order valence-electron chi connectivity index (χ3n) is 2.63. The van der Waals surface area contributed by atoms with Gasteiger partial charge in [-0.15, -0.1) is 0 Å². The Kier molecular flexibility index (Phi) is 8.82. The minimum absolute atomic E-state index is 0.0636. The van der Waals surface area contributed by atoms with Gasteiger partial charge in [-0.3, -0.25) is 0 Å². The number of hydrogen-bond acceptors (Lipinski definition) is 3. The molecule has 5 heteroatoms. The molecular formula is C12H28N2O2S. The molecule has 104 valence electrons. The Balaban J connectivity index is 4.14. The average molecular weight is 264 g/mol. The molecule has 0 aliphatic rings. The van der Waals surface area contributed by atoms with Crippen molar-refractivity contribution in [3.63, 3.8) is 0 Å². The Labute approximate surface area is 107 Å². The summed E-state index contributed by atoms with van der Waals surface area (Å²) in [7, 11) is -3.07. The third kappa shape index (κ3) is 7.01. The molecular weight excluding hydrogens is 236 g/mol. The molecule has 0 aromatic heterocycles. The van der Waals surface area contributed by atoms with Crippen molar-refractivity contribution in [2.24, 2.45) is 0 Å². The lowest BCUT2D eigenvalue weighted by Crippen LogP contribution is -2.39. The van der Waals surface area contributed by atoms with Gasteiger partial charge in [0.2, 0.25) is 10.0 Å². The molecule has 0 saturated carbocycles. The van der Waals surface area contributed by atoms with Crippen molar-refractivity contribution in [2.45, 2.75) is 53.0 Å². The molecule has 0 aromatic rings. The summed E-state index contributed by atoms with van der Waals surface area (Å²) >= 11 is 0. The lowest BCUT2D eigenvalue weighted by atomic mass is 10.3. The maximum Gasteiger partial charge on any atom is 0.214 e. The van der Waals surface area contributed by atoms with E-state index >= 15 is 0 Å². The number of nitrogens with one attached hydrogen (secondary N) is 1. The van der Waals surface area contributed by atoms with Gasteiger partial charge in [-0.2, -0.15) is 4.31 Å². The van der Waals surface area contributed by atoms with Gasteiger partial charge in [-0.25, -0.2) is 8.42 Å². The van der Waals surface area contributed by atoms with E-state index < -0.39 is 10.0 Å². The summed E-state index contributed by atoms with van der Waals surface area (Å²) in [5.74, 6) is 0.274. The normalized spacial score (nSPS) is 12.6. The van der Waals surface area contributed by atoms with Crippen LogP contribution in [0.5, 0.6) is 0 Å². The van der Waals surface area contributed by atoms with Crippen LogP contribution in [0.4, 0.5) is 0 Å². The largest absolute Gasteiger partial charge is 0.317 e. The Morgan fingerprint density at radius 2 is 1.82 bits per heavy atom. The van der Waals surface area contributed by atoms with E-state index in [1.54, 1.807) is 4.31 Å². The van der Waals surface area contributed by atoms with Crippen molar-refractivity contribution in [1.29, 1.82) is 0 Å². The predicted octanol–water partition coefficient (Wildman–Crippen LogP) is 1.83. The van der Waals surface area contributed by atoms with Crippen LogP contribution in [0.1, 0.15) is 47.0 Å². The van der Waals surface area contributed by atoms with Crippen molar-refractivity contribution in [1.82, 2.24) is 9.62 Å². The first-order valence-corrected chi connectivity index (χ1v) is 8.26. The third-order valence-corrected chi connectivity index (χ3v) is 4.76. The number of sulfonamides is 1. The van der Waals surface area contributed by atoms with E-state index in [2.05, 4.69) is 12.2 Å². The van der Waals surface area contributed by atoms with Gasteiger partial charge in [-0.1, -0.05) is 13.8 Å². The molecule has 0 atom stereocenters. The maximum atomic E-state index is 12.1. The van der Waals surface area contributed by atoms with Crippen LogP contribution in [0.2, 0.25) is 0 Å². The number of nitrogens with zero attached hydrogens (tertiary/aromatic N) is 1. The SMILES string of the molecule is CCCN(C(C)C)S(=O)(=O)CCCCNCC. The van der Waals surface area contributed by atoms with Crippen LogP contribution in [0.15, 0.2) is 0 Å². The molecule has 0 aliphatic heterocycles. The minimum Gasteiger partial charge on any atom is -0.317 e. The maximum absolute atomic E-state index is 12.1. The van der Waals surface area contributed by atoms with Crippen LogP contribution >= 0.6 is 0 Å². The number of hydrogen-bond donors (Lipinski definition) is 1. The molecule has 0 unspecified atom stereocenters. The molecule has 0 rings (SSSR count). The van der Waals surface area contributed by atoms with Gasteiger partial charge in [0.05, 0.1) is 5.75 Å². The van der Waals surface area contributed by atoms with E-state index in [4.69, 9.17) is 0 Å². The molecule has 0 bridgehead atoms. The first-order chi connectivity index (χ1) is 7.95. The van der Waals surface area contributed by atoms with Gasteiger partial charge in [-0.05, 0) is 46.2 Å². The lowest BCUT2D eigenvalue weighted by Gasteiger charge is -2.25. The monoisotopic (exact) mass is 264 g/mol. The Hall–Kier alpha value is -0.130. The fourth-order valence-electron chi connectivity index (χ4n) is 1.77. The van der Waals surface area contributed by atoms with Crippen molar-refractivity contribution in [3.05, 3.63) is 0 Å². The van der Waals surface area contributed by atoms with E-state index in [9.17, 15) is 8.42 Å². The van der Waals surface area contributed by atoms with E-state index in [0.29, 0.717) is 6.54 Å². The van der Waals surface area contributed by atoms with Crippen LogP contribution in [0.25, 0.3) is 0 Å². The van der Waals surface area contributed by atoms with Gasteiger partial charge < -0.3 is 5.32 Å². The van der Waals surface area contributed by atoms with Crippen LogP contribution < -0.4 is 5.32 Å². The molecule has 1 N–H and O–H groups in total. The van der Waals surface area contributed by atoms with E-state index in [0.717, 1.165) is 32.4 Å². The van der Waals surface area contributed by atoms with E-state index in [1.807, 2.05) is 20.8 Å². The molecule has 0 aromatic carbocycles. The highest BCUT2D eigenvalue weighted by molar-refractivity contribution is 7.89. The van der Waals surface area contributed by atoms with Crippen molar-refractivity contribution in [3.8, 4) is 0 Å². The Morgan fingerprint density at radius 1 is 1.18 bits per heavy atom. The van der Waals surface area contributed by atoms with Gasteiger partial charge in [0, 0.05) is 12.6 Å². The summed E-state index contributed by atoms with van der Waals surface area (Å²) in [5, 5.41) is 3.20. The summed E-state index contributed by atoms with van der Waals surface area (Å²) in [6.07, 6.45) is 2.53. The van der Waals surface area contributed by atoms with Crippen molar-refractivity contribution in [2.75, 3.05) is 25.4 Å². The molecule has 0 amide bonds. The van der Waals surface area contributed by atoms with Gasteiger partial charge in [0.25, 0.3) is 0 Å². The number of unbranched alkanes of at least 4 members (excludes halogenated alkanes) is 1. The highest BCUT2D eigenvalue weighted by Crippen LogP contribution is 2.10. The van der Waals surface area contributed by atoms with Crippen LogP contribution in [0.3, 0.4) is 0 Å². The zero-order chi connectivity index (χ0) is 13.3.